The van der Waals surface area contributed by atoms with Gasteiger partial charge in [0.2, 0.25) is 0 Å². The van der Waals surface area contributed by atoms with E-state index in [0.717, 1.165) is 5.56 Å². The fraction of sp³-hybridized carbons (Fsp3) is 0.321. The summed E-state index contributed by atoms with van der Waals surface area (Å²) < 4.78 is 54.9. The number of carbonyl (C=O) groups excluding carboxylic acids is 1. The largest absolute Gasteiger partial charge is 0.493 e. The fourth-order valence-electron chi connectivity index (χ4n) is 3.59. The van der Waals surface area contributed by atoms with Crippen molar-refractivity contribution in [1.82, 2.24) is 5.32 Å². The van der Waals surface area contributed by atoms with Gasteiger partial charge in [0.1, 0.15) is 5.75 Å². The van der Waals surface area contributed by atoms with Crippen molar-refractivity contribution in [2.75, 3.05) is 24.8 Å². The first kappa shape index (κ1) is 30.1. The second kappa shape index (κ2) is 14.7. The van der Waals surface area contributed by atoms with Gasteiger partial charge in [0.25, 0.3) is 0 Å². The first-order valence-corrected chi connectivity index (χ1v) is 13.3. The van der Waals surface area contributed by atoms with E-state index < -0.39 is 24.3 Å². The standard InChI is InChI=1S/C28H31F3N2O5S/c1-3-37-26(34)14-20-9-11-24(36-2)25(13-20)38-23-12-10-22(15-21(23)17-39-18-28(29,30)31)33-27(35)32-16-19-7-5-4-6-8-19/h4-13,15,27,32-33,35H,3,14,16-18H2,1-2H3. The van der Waals surface area contributed by atoms with Gasteiger partial charge >= 0.3 is 12.1 Å². The highest BCUT2D eigenvalue weighted by atomic mass is 32.2. The molecule has 210 valence electrons. The number of aliphatic hydroxyl groups excluding tert-OH is 1. The molecule has 3 rings (SSSR count). The predicted molar refractivity (Wildman–Crippen MR) is 145 cm³/mol. The molecule has 0 bridgehead atoms. The molecule has 0 aliphatic carbocycles. The summed E-state index contributed by atoms with van der Waals surface area (Å²) in [6.45, 7) is 2.39. The lowest BCUT2D eigenvalue weighted by molar-refractivity contribution is -0.142. The normalized spacial score (nSPS) is 12.1. The molecule has 1 atom stereocenters. The van der Waals surface area contributed by atoms with Crippen LogP contribution in [-0.4, -0.2) is 43.1 Å². The molecule has 39 heavy (non-hydrogen) atoms. The van der Waals surface area contributed by atoms with Crippen LogP contribution in [-0.2, 0) is 28.2 Å². The SMILES string of the molecule is CCOC(=O)Cc1ccc(OC)c(Oc2ccc(NC(O)NCc3ccccc3)cc2CSCC(F)(F)F)c1. The van der Waals surface area contributed by atoms with Gasteiger partial charge in [-0.15, -0.1) is 11.8 Å². The summed E-state index contributed by atoms with van der Waals surface area (Å²) in [6, 6.07) is 19.4. The molecule has 0 fully saturated rings. The molecule has 1 unspecified atom stereocenters. The molecule has 0 radical (unpaired) electrons. The van der Waals surface area contributed by atoms with E-state index in [-0.39, 0.29) is 18.8 Å². The van der Waals surface area contributed by atoms with Gasteiger partial charge in [-0.3, -0.25) is 10.1 Å². The third-order valence-electron chi connectivity index (χ3n) is 5.33. The lowest BCUT2D eigenvalue weighted by Crippen LogP contribution is -2.35. The Morgan fingerprint density at radius 1 is 1.00 bits per heavy atom. The maximum Gasteiger partial charge on any atom is 0.397 e. The lowest BCUT2D eigenvalue weighted by atomic mass is 10.1. The highest BCUT2D eigenvalue weighted by Crippen LogP contribution is 2.37. The molecular weight excluding hydrogens is 533 g/mol. The number of carbonyl (C=O) groups is 1. The number of methoxy groups -OCH3 is 1. The van der Waals surface area contributed by atoms with E-state index in [2.05, 4.69) is 10.6 Å². The fourth-order valence-corrected chi connectivity index (χ4v) is 4.36. The quantitative estimate of drug-likeness (QED) is 0.166. The van der Waals surface area contributed by atoms with Crippen LogP contribution in [0.3, 0.4) is 0 Å². The second-order valence-electron chi connectivity index (χ2n) is 8.41. The average molecular weight is 565 g/mol. The number of hydrogen-bond donors (Lipinski definition) is 3. The Bertz CT molecular complexity index is 1210. The summed E-state index contributed by atoms with van der Waals surface area (Å²) in [5.74, 6) is -0.418. The number of esters is 1. The van der Waals surface area contributed by atoms with Crippen molar-refractivity contribution in [3.05, 3.63) is 83.4 Å². The second-order valence-corrected chi connectivity index (χ2v) is 9.40. The van der Waals surface area contributed by atoms with Gasteiger partial charge in [0.05, 0.1) is 25.9 Å². The van der Waals surface area contributed by atoms with Crippen LogP contribution in [0.2, 0.25) is 0 Å². The van der Waals surface area contributed by atoms with Gasteiger partial charge in [-0.25, -0.2) is 0 Å². The molecule has 0 amide bonds. The number of alkyl halides is 3. The third-order valence-corrected chi connectivity index (χ3v) is 6.38. The smallest absolute Gasteiger partial charge is 0.397 e. The zero-order valence-corrected chi connectivity index (χ0v) is 22.4. The Labute approximate surface area is 229 Å². The first-order chi connectivity index (χ1) is 18.7. The van der Waals surface area contributed by atoms with Crippen molar-refractivity contribution in [2.24, 2.45) is 0 Å². The minimum absolute atomic E-state index is 0.00271. The summed E-state index contributed by atoms with van der Waals surface area (Å²) in [4.78, 5) is 11.9. The zero-order valence-electron chi connectivity index (χ0n) is 21.6. The predicted octanol–water partition coefficient (Wildman–Crippen LogP) is 5.87. The molecule has 0 saturated carbocycles. The Balaban J connectivity index is 1.79. The molecule has 7 nitrogen and oxygen atoms in total. The maximum atomic E-state index is 12.8. The van der Waals surface area contributed by atoms with Crippen LogP contribution < -0.4 is 20.1 Å². The molecule has 0 saturated heterocycles. The maximum absolute atomic E-state index is 12.8. The third kappa shape index (κ3) is 10.3. The number of hydrogen-bond acceptors (Lipinski definition) is 8. The lowest BCUT2D eigenvalue weighted by Gasteiger charge is -2.19. The van der Waals surface area contributed by atoms with Crippen molar-refractivity contribution >= 4 is 23.4 Å². The molecule has 11 heteroatoms. The molecular formula is C28H31F3N2O5S. The summed E-state index contributed by atoms with van der Waals surface area (Å²) in [5.41, 5.74) is 2.57. The molecule has 0 heterocycles. The highest BCUT2D eigenvalue weighted by molar-refractivity contribution is 7.98. The van der Waals surface area contributed by atoms with E-state index in [9.17, 15) is 23.1 Å². The summed E-state index contributed by atoms with van der Waals surface area (Å²) in [6.07, 6.45) is -5.39. The monoisotopic (exact) mass is 564 g/mol. The number of ether oxygens (including phenoxy) is 3. The van der Waals surface area contributed by atoms with E-state index in [1.54, 1.807) is 43.3 Å². The van der Waals surface area contributed by atoms with E-state index in [1.807, 2.05) is 30.3 Å². The first-order valence-electron chi connectivity index (χ1n) is 12.2. The van der Waals surface area contributed by atoms with Crippen molar-refractivity contribution in [1.29, 1.82) is 0 Å². The van der Waals surface area contributed by atoms with E-state index in [0.29, 0.717) is 52.4 Å². The van der Waals surface area contributed by atoms with Gasteiger partial charge in [-0.2, -0.15) is 13.2 Å². The number of anilines is 1. The van der Waals surface area contributed by atoms with Crippen LogP contribution in [0.25, 0.3) is 0 Å². The van der Waals surface area contributed by atoms with Gasteiger partial charge in [-0.1, -0.05) is 36.4 Å². The summed E-state index contributed by atoms with van der Waals surface area (Å²) in [5, 5.41) is 16.2. The van der Waals surface area contributed by atoms with Crippen molar-refractivity contribution in [3.63, 3.8) is 0 Å². The molecule has 0 aliphatic heterocycles. The highest BCUT2D eigenvalue weighted by Gasteiger charge is 2.27. The Morgan fingerprint density at radius 2 is 1.74 bits per heavy atom. The summed E-state index contributed by atoms with van der Waals surface area (Å²) in [7, 11) is 1.46. The number of rotatable bonds is 14. The number of halogens is 3. The van der Waals surface area contributed by atoms with Crippen LogP contribution in [0.1, 0.15) is 23.6 Å². The number of aliphatic hydroxyl groups is 1. The molecule has 0 aromatic heterocycles. The Hall–Kier alpha value is -3.41. The number of benzene rings is 3. The minimum atomic E-state index is -4.32. The van der Waals surface area contributed by atoms with Crippen LogP contribution >= 0.6 is 11.8 Å². The van der Waals surface area contributed by atoms with Crippen molar-refractivity contribution < 1.29 is 37.3 Å². The Kier molecular flexibility index (Phi) is 11.3. The topological polar surface area (TPSA) is 89.1 Å². The molecule has 3 aromatic carbocycles. The van der Waals surface area contributed by atoms with E-state index in [1.165, 1.54) is 7.11 Å². The number of nitrogens with one attached hydrogen (secondary N) is 2. The average Bonchev–Trinajstić information content (AvgIpc) is 2.89. The molecule has 3 aromatic rings. The van der Waals surface area contributed by atoms with Crippen molar-refractivity contribution in [3.8, 4) is 17.2 Å². The van der Waals surface area contributed by atoms with Gasteiger partial charge < -0.3 is 24.6 Å². The number of thioether (sulfide) groups is 1. The van der Waals surface area contributed by atoms with Crippen molar-refractivity contribution in [2.45, 2.75) is 38.2 Å². The van der Waals surface area contributed by atoms with Gasteiger partial charge in [0.15, 0.2) is 17.9 Å². The molecule has 3 N–H and O–H groups in total. The van der Waals surface area contributed by atoms with Gasteiger partial charge in [0, 0.05) is 23.5 Å². The minimum Gasteiger partial charge on any atom is -0.493 e. The molecule has 0 spiro atoms. The van der Waals surface area contributed by atoms with Crippen LogP contribution in [0.15, 0.2) is 66.7 Å². The van der Waals surface area contributed by atoms with Gasteiger partial charge in [-0.05, 0) is 48.4 Å². The van der Waals surface area contributed by atoms with E-state index >= 15 is 0 Å². The van der Waals surface area contributed by atoms with Crippen LogP contribution in [0.4, 0.5) is 18.9 Å². The van der Waals surface area contributed by atoms with E-state index in [4.69, 9.17) is 14.2 Å². The zero-order chi connectivity index (χ0) is 28.3. The van der Waals surface area contributed by atoms with Crippen LogP contribution in [0, 0.1) is 0 Å². The summed E-state index contributed by atoms with van der Waals surface area (Å²) >= 11 is 0.697. The molecule has 0 aliphatic rings. The Morgan fingerprint density at radius 3 is 2.44 bits per heavy atom. The van der Waals surface area contributed by atoms with Crippen LogP contribution in [0.5, 0.6) is 17.2 Å².